The predicted octanol–water partition coefficient (Wildman–Crippen LogP) is 1.77. The fourth-order valence-corrected chi connectivity index (χ4v) is 3.48. The van der Waals surface area contributed by atoms with E-state index >= 15 is 0 Å². The van der Waals surface area contributed by atoms with Crippen LogP contribution in [0.5, 0.6) is 0 Å². The van der Waals surface area contributed by atoms with E-state index in [1.807, 2.05) is 44.2 Å². The molecule has 0 radical (unpaired) electrons. The van der Waals surface area contributed by atoms with Crippen LogP contribution in [0.15, 0.2) is 42.5 Å². The zero-order valence-corrected chi connectivity index (χ0v) is 17.1. The van der Waals surface area contributed by atoms with Gasteiger partial charge in [-0.15, -0.1) is 0 Å². The molecule has 1 aliphatic heterocycles. The minimum absolute atomic E-state index is 0.310. The Hall–Kier alpha value is -2.70. The van der Waals surface area contributed by atoms with Crippen molar-refractivity contribution in [3.05, 3.63) is 64.7 Å². The Morgan fingerprint density at radius 2 is 1.83 bits per heavy atom. The maximum atomic E-state index is 12.3. The van der Waals surface area contributed by atoms with E-state index in [1.165, 1.54) is 10.5 Å². The van der Waals surface area contributed by atoms with Gasteiger partial charge in [0.25, 0.3) is 5.91 Å². The standard InChI is InChI=1S/C23H28N2O4/c1-3-19-6-4-5-17(2)22(19)24-21(26)16-29-23(27)20-9-7-18(8-10-20)15-25-11-13-28-14-12-25/h4-10H,3,11-16H2,1-2H3,(H,24,26)/p+1. The van der Waals surface area contributed by atoms with Crippen molar-refractivity contribution in [2.75, 3.05) is 38.2 Å². The number of benzene rings is 2. The van der Waals surface area contributed by atoms with Crippen LogP contribution >= 0.6 is 0 Å². The number of carbonyl (C=O) groups excluding carboxylic acids is 2. The molecule has 0 atom stereocenters. The second kappa shape index (κ2) is 10.2. The van der Waals surface area contributed by atoms with Crippen LogP contribution in [0.25, 0.3) is 0 Å². The molecule has 1 saturated heterocycles. The van der Waals surface area contributed by atoms with E-state index in [-0.39, 0.29) is 12.5 Å². The van der Waals surface area contributed by atoms with Crippen LogP contribution in [0, 0.1) is 6.92 Å². The van der Waals surface area contributed by atoms with Gasteiger partial charge in [-0.05, 0) is 36.6 Å². The van der Waals surface area contributed by atoms with Crippen molar-refractivity contribution in [1.29, 1.82) is 0 Å². The predicted molar refractivity (Wildman–Crippen MR) is 111 cm³/mol. The summed E-state index contributed by atoms with van der Waals surface area (Å²) in [7, 11) is 0. The number of quaternary nitrogens is 1. The summed E-state index contributed by atoms with van der Waals surface area (Å²) in [6.07, 6.45) is 0.815. The van der Waals surface area contributed by atoms with Crippen molar-refractivity contribution >= 4 is 17.6 Å². The van der Waals surface area contributed by atoms with Gasteiger partial charge >= 0.3 is 5.97 Å². The van der Waals surface area contributed by atoms with E-state index in [1.54, 1.807) is 12.1 Å². The van der Waals surface area contributed by atoms with E-state index in [9.17, 15) is 9.59 Å². The van der Waals surface area contributed by atoms with Gasteiger partial charge in [0.15, 0.2) is 6.61 Å². The fraction of sp³-hybridized carbons (Fsp3) is 0.391. The highest BCUT2D eigenvalue weighted by molar-refractivity contribution is 5.96. The molecule has 0 saturated carbocycles. The largest absolute Gasteiger partial charge is 0.452 e. The van der Waals surface area contributed by atoms with E-state index in [4.69, 9.17) is 9.47 Å². The van der Waals surface area contributed by atoms with Crippen molar-refractivity contribution in [3.8, 4) is 0 Å². The van der Waals surface area contributed by atoms with E-state index in [2.05, 4.69) is 5.32 Å². The molecule has 6 nitrogen and oxygen atoms in total. The number of hydrogen-bond donors (Lipinski definition) is 2. The first-order valence-electron chi connectivity index (χ1n) is 10.1. The summed E-state index contributed by atoms with van der Waals surface area (Å²) in [6, 6.07) is 13.3. The second-order valence-electron chi connectivity index (χ2n) is 7.32. The smallest absolute Gasteiger partial charge is 0.338 e. The van der Waals surface area contributed by atoms with Gasteiger partial charge in [0.2, 0.25) is 0 Å². The molecule has 154 valence electrons. The quantitative estimate of drug-likeness (QED) is 0.699. The summed E-state index contributed by atoms with van der Waals surface area (Å²) < 4.78 is 10.6. The highest BCUT2D eigenvalue weighted by atomic mass is 16.5. The number of rotatable bonds is 7. The first kappa shape index (κ1) is 21.0. The molecule has 6 heteroatoms. The summed E-state index contributed by atoms with van der Waals surface area (Å²) in [5, 5.41) is 2.86. The van der Waals surface area contributed by atoms with E-state index in [0.717, 1.165) is 56.1 Å². The Balaban J connectivity index is 1.50. The number of anilines is 1. The van der Waals surface area contributed by atoms with E-state index in [0.29, 0.717) is 5.56 Å². The van der Waals surface area contributed by atoms with Crippen LogP contribution in [0.3, 0.4) is 0 Å². The molecule has 2 aromatic carbocycles. The number of carbonyl (C=O) groups is 2. The van der Waals surface area contributed by atoms with Gasteiger partial charge in [0, 0.05) is 11.3 Å². The van der Waals surface area contributed by atoms with Gasteiger partial charge in [-0.2, -0.15) is 0 Å². The molecule has 0 bridgehead atoms. The molecule has 1 aliphatic rings. The topological polar surface area (TPSA) is 69.1 Å². The minimum atomic E-state index is -0.495. The van der Waals surface area contributed by atoms with Crippen molar-refractivity contribution in [1.82, 2.24) is 0 Å². The first-order chi connectivity index (χ1) is 14.1. The van der Waals surface area contributed by atoms with Crippen molar-refractivity contribution < 1.29 is 24.0 Å². The maximum absolute atomic E-state index is 12.3. The molecule has 2 aromatic rings. The summed E-state index contributed by atoms with van der Waals surface area (Å²) in [5.74, 6) is -0.833. The average molecular weight is 397 g/mol. The molecular weight excluding hydrogens is 368 g/mol. The lowest BCUT2D eigenvalue weighted by Gasteiger charge is -2.23. The Kier molecular flexibility index (Phi) is 7.38. The molecule has 3 rings (SSSR count). The van der Waals surface area contributed by atoms with Crippen LogP contribution in [0.2, 0.25) is 0 Å². The number of ether oxygens (including phenoxy) is 2. The zero-order chi connectivity index (χ0) is 20.6. The van der Waals surface area contributed by atoms with Gasteiger partial charge in [0.05, 0.1) is 18.8 Å². The molecule has 1 heterocycles. The van der Waals surface area contributed by atoms with Gasteiger partial charge in [-0.1, -0.05) is 37.3 Å². The first-order valence-corrected chi connectivity index (χ1v) is 10.1. The number of amides is 1. The molecule has 1 amide bonds. The lowest BCUT2D eigenvalue weighted by Crippen LogP contribution is -3.12. The lowest BCUT2D eigenvalue weighted by atomic mass is 10.1. The molecular formula is C23H29N2O4+. The number of aryl methyl sites for hydroxylation is 2. The van der Waals surface area contributed by atoms with E-state index < -0.39 is 5.97 Å². The molecule has 1 fully saturated rings. The van der Waals surface area contributed by atoms with Gasteiger partial charge < -0.3 is 19.7 Å². The summed E-state index contributed by atoms with van der Waals surface area (Å²) in [4.78, 5) is 26.0. The Morgan fingerprint density at radius 1 is 1.10 bits per heavy atom. The summed E-state index contributed by atoms with van der Waals surface area (Å²) >= 11 is 0. The Labute approximate surface area is 171 Å². The van der Waals surface area contributed by atoms with Gasteiger partial charge in [0.1, 0.15) is 19.6 Å². The number of hydrogen-bond acceptors (Lipinski definition) is 4. The maximum Gasteiger partial charge on any atom is 0.338 e. The molecule has 0 spiro atoms. The van der Waals surface area contributed by atoms with Crippen LogP contribution in [-0.4, -0.2) is 44.8 Å². The average Bonchev–Trinajstić information content (AvgIpc) is 2.74. The third-order valence-corrected chi connectivity index (χ3v) is 5.18. The Bertz CT molecular complexity index is 842. The number of morpholine rings is 1. The number of esters is 1. The molecule has 2 N–H and O–H groups in total. The highest BCUT2D eigenvalue weighted by Gasteiger charge is 2.16. The lowest BCUT2D eigenvalue weighted by molar-refractivity contribution is -0.921. The monoisotopic (exact) mass is 397 g/mol. The van der Waals surface area contributed by atoms with Crippen LogP contribution in [0.1, 0.15) is 34.0 Å². The number of nitrogens with one attached hydrogen (secondary N) is 2. The zero-order valence-electron chi connectivity index (χ0n) is 17.1. The Morgan fingerprint density at radius 3 is 2.52 bits per heavy atom. The summed E-state index contributed by atoms with van der Waals surface area (Å²) in [5.41, 5.74) is 4.46. The van der Waals surface area contributed by atoms with Crippen LogP contribution in [-0.2, 0) is 27.2 Å². The second-order valence-corrected chi connectivity index (χ2v) is 7.32. The molecule has 0 unspecified atom stereocenters. The van der Waals surface area contributed by atoms with Crippen LogP contribution in [0.4, 0.5) is 5.69 Å². The summed E-state index contributed by atoms with van der Waals surface area (Å²) in [6.45, 7) is 8.18. The third kappa shape index (κ3) is 5.89. The molecule has 0 aliphatic carbocycles. The SMILES string of the molecule is CCc1cccc(C)c1NC(=O)COC(=O)c1ccc(C[NH+]2CCOCC2)cc1. The molecule has 29 heavy (non-hydrogen) atoms. The van der Waals surface area contributed by atoms with Crippen LogP contribution < -0.4 is 10.2 Å². The molecule has 0 aromatic heterocycles. The third-order valence-electron chi connectivity index (χ3n) is 5.18. The van der Waals surface area contributed by atoms with Gasteiger partial charge in [-0.25, -0.2) is 4.79 Å². The highest BCUT2D eigenvalue weighted by Crippen LogP contribution is 2.21. The van der Waals surface area contributed by atoms with Crippen molar-refractivity contribution in [3.63, 3.8) is 0 Å². The minimum Gasteiger partial charge on any atom is -0.452 e. The normalized spacial score (nSPS) is 14.4. The van der Waals surface area contributed by atoms with Crippen molar-refractivity contribution in [2.24, 2.45) is 0 Å². The fourth-order valence-electron chi connectivity index (χ4n) is 3.48. The van der Waals surface area contributed by atoms with Gasteiger partial charge in [-0.3, -0.25) is 4.79 Å². The number of para-hydroxylation sites is 1. The van der Waals surface area contributed by atoms with Crippen molar-refractivity contribution in [2.45, 2.75) is 26.8 Å².